The van der Waals surface area contributed by atoms with Crippen LogP contribution in [0.5, 0.6) is 0 Å². The number of halogens is 1. The van der Waals surface area contributed by atoms with Gasteiger partial charge in [0.2, 0.25) is 5.91 Å². The Morgan fingerprint density at radius 2 is 1.82 bits per heavy atom. The number of hydrogen-bond donors (Lipinski definition) is 1. The number of ether oxygens (including phenoxy) is 1. The van der Waals surface area contributed by atoms with E-state index in [4.69, 9.17) is 16.3 Å². The van der Waals surface area contributed by atoms with Gasteiger partial charge in [-0.15, -0.1) is 0 Å². The number of rotatable bonds is 5. The Morgan fingerprint density at radius 3 is 2.50 bits per heavy atom. The van der Waals surface area contributed by atoms with Crippen LogP contribution in [0.15, 0.2) is 48.5 Å². The highest BCUT2D eigenvalue weighted by Crippen LogP contribution is 2.39. The van der Waals surface area contributed by atoms with Crippen molar-refractivity contribution in [2.45, 2.75) is 44.9 Å². The van der Waals surface area contributed by atoms with Crippen LogP contribution in [0.3, 0.4) is 0 Å². The standard InChI is InChI=1S/C26H30ClN3O4/c1-3-13-28-23(31)22-17-34-26(30(22)25(33)21-10-5-4-7-18(21)2)11-14-29(15-12-26)24(32)19-8-6-9-20(27)16-19/h4-10,16,22H,3,11-15,17H2,1-2H3,(H,28,31)/t22-/m1/s1. The van der Waals surface area contributed by atoms with Crippen molar-refractivity contribution in [3.8, 4) is 0 Å². The number of amides is 3. The fourth-order valence-electron chi connectivity index (χ4n) is 4.74. The molecule has 2 aromatic carbocycles. The number of hydrogen-bond acceptors (Lipinski definition) is 4. The molecule has 7 nitrogen and oxygen atoms in total. The average Bonchev–Trinajstić information content (AvgIpc) is 3.21. The minimum atomic E-state index is -0.932. The molecule has 0 aliphatic carbocycles. The highest BCUT2D eigenvalue weighted by molar-refractivity contribution is 6.30. The zero-order chi connectivity index (χ0) is 24.3. The maximum absolute atomic E-state index is 13.8. The molecule has 2 aromatic rings. The summed E-state index contributed by atoms with van der Waals surface area (Å²) in [5.41, 5.74) is 0.994. The molecule has 2 aliphatic rings. The largest absolute Gasteiger partial charge is 0.354 e. The van der Waals surface area contributed by atoms with E-state index < -0.39 is 11.8 Å². The van der Waals surface area contributed by atoms with Crippen molar-refractivity contribution in [3.05, 3.63) is 70.2 Å². The lowest BCUT2D eigenvalue weighted by atomic mass is 9.95. The van der Waals surface area contributed by atoms with Crippen molar-refractivity contribution in [2.75, 3.05) is 26.2 Å². The smallest absolute Gasteiger partial charge is 0.257 e. The molecule has 4 rings (SSSR count). The lowest BCUT2D eigenvalue weighted by Gasteiger charge is -2.44. The van der Waals surface area contributed by atoms with E-state index >= 15 is 0 Å². The van der Waals surface area contributed by atoms with E-state index in [1.165, 1.54) is 0 Å². The summed E-state index contributed by atoms with van der Waals surface area (Å²) in [6, 6.07) is 13.5. The fourth-order valence-corrected chi connectivity index (χ4v) is 4.93. The first-order valence-corrected chi connectivity index (χ1v) is 12.1. The highest BCUT2D eigenvalue weighted by atomic mass is 35.5. The summed E-state index contributed by atoms with van der Waals surface area (Å²) in [7, 11) is 0. The number of carbonyl (C=O) groups excluding carboxylic acids is 3. The van der Waals surface area contributed by atoms with Gasteiger partial charge in [-0.05, 0) is 43.2 Å². The molecule has 0 radical (unpaired) electrons. The summed E-state index contributed by atoms with van der Waals surface area (Å²) in [5.74, 6) is -0.538. The van der Waals surface area contributed by atoms with Crippen LogP contribution in [0.1, 0.15) is 52.5 Å². The minimum absolute atomic E-state index is 0.107. The van der Waals surface area contributed by atoms with Crippen molar-refractivity contribution < 1.29 is 19.1 Å². The maximum Gasteiger partial charge on any atom is 0.257 e. The van der Waals surface area contributed by atoms with Gasteiger partial charge >= 0.3 is 0 Å². The van der Waals surface area contributed by atoms with Crippen LogP contribution in [-0.2, 0) is 9.53 Å². The van der Waals surface area contributed by atoms with Crippen molar-refractivity contribution in [3.63, 3.8) is 0 Å². The molecule has 2 saturated heterocycles. The van der Waals surface area contributed by atoms with Gasteiger partial charge in [-0.1, -0.05) is 42.8 Å². The topological polar surface area (TPSA) is 79.0 Å². The van der Waals surface area contributed by atoms with Gasteiger partial charge in [-0.2, -0.15) is 0 Å². The van der Waals surface area contributed by atoms with Crippen molar-refractivity contribution >= 4 is 29.3 Å². The molecular weight excluding hydrogens is 454 g/mol. The second-order valence-corrected chi connectivity index (χ2v) is 9.29. The van der Waals surface area contributed by atoms with Gasteiger partial charge in [-0.3, -0.25) is 19.3 Å². The lowest BCUT2D eigenvalue weighted by Crippen LogP contribution is -2.60. The number of nitrogens with one attached hydrogen (secondary N) is 1. The third-order valence-electron chi connectivity index (χ3n) is 6.61. The van der Waals surface area contributed by atoms with E-state index in [9.17, 15) is 14.4 Å². The molecule has 0 aromatic heterocycles. The molecule has 1 spiro atoms. The van der Waals surface area contributed by atoms with Crippen LogP contribution in [-0.4, -0.2) is 65.5 Å². The van der Waals surface area contributed by atoms with E-state index in [0.717, 1.165) is 12.0 Å². The molecule has 180 valence electrons. The van der Waals surface area contributed by atoms with Crippen molar-refractivity contribution in [2.24, 2.45) is 0 Å². The third kappa shape index (κ3) is 4.68. The van der Waals surface area contributed by atoms with E-state index in [1.807, 2.05) is 32.0 Å². The normalized spacial score (nSPS) is 19.3. The molecule has 2 aliphatic heterocycles. The number of piperidine rings is 1. The molecule has 2 heterocycles. The fraction of sp³-hybridized carbons (Fsp3) is 0.423. The van der Waals surface area contributed by atoms with E-state index in [-0.39, 0.29) is 24.3 Å². The van der Waals surface area contributed by atoms with Gasteiger partial charge in [0.05, 0.1) is 6.61 Å². The summed E-state index contributed by atoms with van der Waals surface area (Å²) in [6.07, 6.45) is 1.65. The van der Waals surface area contributed by atoms with Crippen LogP contribution < -0.4 is 5.32 Å². The van der Waals surface area contributed by atoms with Crippen LogP contribution in [0.2, 0.25) is 5.02 Å². The Balaban J connectivity index is 1.58. The summed E-state index contributed by atoms with van der Waals surface area (Å²) < 4.78 is 6.23. The Hall–Kier alpha value is -2.90. The maximum atomic E-state index is 13.8. The Kier molecular flexibility index (Phi) is 7.24. The monoisotopic (exact) mass is 483 g/mol. The van der Waals surface area contributed by atoms with Gasteiger partial charge in [0.25, 0.3) is 11.8 Å². The second-order valence-electron chi connectivity index (χ2n) is 8.86. The Morgan fingerprint density at radius 1 is 1.09 bits per heavy atom. The van der Waals surface area contributed by atoms with E-state index in [1.54, 1.807) is 40.1 Å². The molecule has 1 atom stereocenters. The first-order valence-electron chi connectivity index (χ1n) is 11.7. The summed E-state index contributed by atoms with van der Waals surface area (Å²) >= 11 is 6.06. The van der Waals surface area contributed by atoms with Crippen molar-refractivity contribution in [1.29, 1.82) is 0 Å². The number of benzene rings is 2. The van der Waals surface area contributed by atoms with Crippen LogP contribution in [0.25, 0.3) is 0 Å². The first-order chi connectivity index (χ1) is 16.4. The number of carbonyl (C=O) groups is 3. The van der Waals surface area contributed by atoms with Crippen LogP contribution >= 0.6 is 11.6 Å². The van der Waals surface area contributed by atoms with Gasteiger partial charge in [0.15, 0.2) is 0 Å². The number of aryl methyl sites for hydroxylation is 1. The molecule has 0 saturated carbocycles. The van der Waals surface area contributed by atoms with Gasteiger partial charge in [0, 0.05) is 48.6 Å². The van der Waals surface area contributed by atoms with Crippen LogP contribution in [0.4, 0.5) is 0 Å². The SMILES string of the molecule is CCCNC(=O)[C@H]1COC2(CCN(C(=O)c3cccc(Cl)c3)CC2)N1C(=O)c1ccccc1C. The molecule has 0 unspecified atom stereocenters. The highest BCUT2D eigenvalue weighted by Gasteiger charge is 2.54. The minimum Gasteiger partial charge on any atom is -0.354 e. The average molecular weight is 484 g/mol. The molecule has 0 bridgehead atoms. The van der Waals surface area contributed by atoms with Crippen molar-refractivity contribution in [1.82, 2.24) is 15.1 Å². The molecule has 8 heteroatoms. The van der Waals surface area contributed by atoms with Gasteiger partial charge in [-0.25, -0.2) is 0 Å². The van der Waals surface area contributed by atoms with Gasteiger partial charge < -0.3 is 15.0 Å². The third-order valence-corrected chi connectivity index (χ3v) is 6.85. The molecule has 3 amide bonds. The second kappa shape index (κ2) is 10.2. The predicted octanol–water partition coefficient (Wildman–Crippen LogP) is 3.65. The molecule has 1 N–H and O–H groups in total. The summed E-state index contributed by atoms with van der Waals surface area (Å²) in [5, 5.41) is 3.42. The predicted molar refractivity (Wildman–Crippen MR) is 130 cm³/mol. The number of nitrogens with zero attached hydrogens (tertiary/aromatic N) is 2. The summed E-state index contributed by atoms with van der Waals surface area (Å²) in [6.45, 7) is 5.36. The van der Waals surface area contributed by atoms with E-state index in [0.29, 0.717) is 48.6 Å². The Labute approximate surface area is 205 Å². The molecule has 2 fully saturated rings. The van der Waals surface area contributed by atoms with Gasteiger partial charge in [0.1, 0.15) is 11.8 Å². The zero-order valence-corrected chi connectivity index (χ0v) is 20.3. The first kappa shape index (κ1) is 24.2. The Bertz CT molecular complexity index is 1080. The molecule has 34 heavy (non-hydrogen) atoms. The lowest BCUT2D eigenvalue weighted by molar-refractivity contribution is -0.128. The number of likely N-dealkylation sites (tertiary alicyclic amines) is 1. The summed E-state index contributed by atoms with van der Waals surface area (Å²) in [4.78, 5) is 43.2. The van der Waals surface area contributed by atoms with Crippen LogP contribution in [0, 0.1) is 6.92 Å². The van der Waals surface area contributed by atoms with E-state index in [2.05, 4.69) is 5.32 Å². The quantitative estimate of drug-likeness (QED) is 0.704. The molecular formula is C26H30ClN3O4. The zero-order valence-electron chi connectivity index (χ0n) is 19.6.